The Morgan fingerprint density at radius 1 is 1.25 bits per heavy atom. The largest absolute Gasteiger partial charge is 0.0736 e. The van der Waals surface area contributed by atoms with E-state index in [1.807, 2.05) is 0 Å². The first-order valence-electron chi connectivity index (χ1n) is 3.84. The van der Waals surface area contributed by atoms with Gasteiger partial charge in [0.15, 0.2) is 0 Å². The molecular weight excluding hydrogens is 180 g/mol. The topological polar surface area (TPSA) is 0 Å². The van der Waals surface area contributed by atoms with Gasteiger partial charge in [-0.15, -0.1) is 0 Å². The molecule has 1 atom stereocenters. The normalized spacial score (nSPS) is 16.8. The molecule has 0 spiro atoms. The van der Waals surface area contributed by atoms with Crippen LogP contribution in [0.4, 0.5) is 0 Å². The molecular formula is C11H11Ti. The van der Waals surface area contributed by atoms with E-state index in [0.29, 0.717) is 0 Å². The maximum absolute atomic E-state index is 4.12. The van der Waals surface area contributed by atoms with Crippen LogP contribution in [-0.4, -0.2) is 0 Å². The van der Waals surface area contributed by atoms with Gasteiger partial charge in [0.1, 0.15) is 0 Å². The number of benzene rings is 1. The average molecular weight is 191 g/mol. The van der Waals surface area contributed by atoms with E-state index in [0.717, 1.165) is 0 Å². The van der Waals surface area contributed by atoms with Gasteiger partial charge in [-0.05, 0) is 18.1 Å². The van der Waals surface area contributed by atoms with E-state index in [1.54, 1.807) is 0 Å². The van der Waals surface area contributed by atoms with Crippen LogP contribution in [0.15, 0.2) is 30.3 Å². The van der Waals surface area contributed by atoms with Gasteiger partial charge < -0.3 is 0 Å². The third kappa shape index (κ3) is 1.42. The molecule has 59 valence electrons. The molecule has 2 rings (SSSR count). The van der Waals surface area contributed by atoms with Crippen LogP contribution in [0.5, 0.6) is 0 Å². The Kier molecular flexibility index (Phi) is 2.60. The summed E-state index contributed by atoms with van der Waals surface area (Å²) in [6.45, 7) is 6.26. The summed E-state index contributed by atoms with van der Waals surface area (Å²) in [7, 11) is 0. The van der Waals surface area contributed by atoms with Crippen molar-refractivity contribution in [3.05, 3.63) is 48.4 Å². The molecule has 0 aromatic heterocycles. The first-order valence-corrected chi connectivity index (χ1v) is 3.84. The van der Waals surface area contributed by atoms with Crippen molar-refractivity contribution in [2.75, 3.05) is 0 Å². The Morgan fingerprint density at radius 2 is 1.92 bits per heavy atom. The van der Waals surface area contributed by atoms with Crippen LogP contribution in [0.1, 0.15) is 18.1 Å². The summed E-state index contributed by atoms with van der Waals surface area (Å²) in [5.74, 6) is 0. The third-order valence-electron chi connectivity index (χ3n) is 2.21. The Bertz CT molecular complexity index is 311. The Hall–Kier alpha value is -0.326. The van der Waals surface area contributed by atoms with Crippen molar-refractivity contribution in [2.45, 2.75) is 12.3 Å². The number of hydrogen-bond donors (Lipinski definition) is 0. The van der Waals surface area contributed by atoms with Crippen molar-refractivity contribution >= 4 is 6.08 Å². The van der Waals surface area contributed by atoms with Crippen molar-refractivity contribution < 1.29 is 21.7 Å². The van der Waals surface area contributed by atoms with Gasteiger partial charge in [0.05, 0.1) is 0 Å². The fourth-order valence-electron chi connectivity index (χ4n) is 1.53. The quantitative estimate of drug-likeness (QED) is 0.553. The van der Waals surface area contributed by atoms with Crippen molar-refractivity contribution in [2.24, 2.45) is 0 Å². The monoisotopic (exact) mass is 191 g/mol. The standard InChI is InChI=1S/C11H11.Ti/c1-11(2)8-7-9-5-3-4-6-10(9)11;/h3-8H,1H2,2H3;. The van der Waals surface area contributed by atoms with Crippen molar-refractivity contribution in [1.29, 1.82) is 0 Å². The number of hydrogen-bond acceptors (Lipinski definition) is 0. The van der Waals surface area contributed by atoms with Gasteiger partial charge >= 0.3 is 0 Å². The van der Waals surface area contributed by atoms with Crippen LogP contribution >= 0.6 is 0 Å². The molecule has 0 saturated carbocycles. The maximum atomic E-state index is 4.12. The molecule has 12 heavy (non-hydrogen) atoms. The zero-order valence-electron chi connectivity index (χ0n) is 7.17. The molecule has 0 heterocycles. The van der Waals surface area contributed by atoms with Crippen LogP contribution in [0, 0.1) is 6.92 Å². The van der Waals surface area contributed by atoms with Crippen molar-refractivity contribution in [3.8, 4) is 0 Å². The smallest absolute Gasteiger partial charge is 0.0113 e. The molecule has 1 heteroatoms. The Labute approximate surface area is 88.6 Å². The van der Waals surface area contributed by atoms with Crippen LogP contribution in [0.3, 0.4) is 0 Å². The molecule has 0 fully saturated rings. The van der Waals surface area contributed by atoms with Crippen molar-refractivity contribution in [1.82, 2.24) is 0 Å². The van der Waals surface area contributed by atoms with Crippen LogP contribution in [0.25, 0.3) is 6.08 Å². The molecule has 1 radical (unpaired) electrons. The molecule has 0 amide bonds. The van der Waals surface area contributed by atoms with Crippen LogP contribution in [0.2, 0.25) is 0 Å². The second kappa shape index (κ2) is 3.20. The van der Waals surface area contributed by atoms with Crippen LogP contribution < -0.4 is 0 Å². The molecule has 1 aliphatic carbocycles. The average Bonchev–Trinajstić information content (AvgIpc) is 2.29. The SMILES string of the molecule is [CH2]C1(C)C=Cc2ccccc21.[Ti]. The number of fused-ring (bicyclic) bond motifs is 1. The van der Waals surface area contributed by atoms with E-state index in [1.165, 1.54) is 11.1 Å². The minimum atomic E-state index is -0.00338. The Morgan fingerprint density at radius 3 is 2.58 bits per heavy atom. The van der Waals surface area contributed by atoms with E-state index in [4.69, 9.17) is 0 Å². The van der Waals surface area contributed by atoms with Gasteiger partial charge in [-0.2, -0.15) is 0 Å². The first kappa shape index (κ1) is 9.76. The number of allylic oxidation sites excluding steroid dienone is 1. The van der Waals surface area contributed by atoms with Gasteiger partial charge in [-0.1, -0.05) is 43.3 Å². The fourth-order valence-corrected chi connectivity index (χ4v) is 1.53. The first-order chi connectivity index (χ1) is 5.20. The van der Waals surface area contributed by atoms with Gasteiger partial charge in [0.2, 0.25) is 0 Å². The summed E-state index contributed by atoms with van der Waals surface area (Å²) < 4.78 is 0. The maximum Gasteiger partial charge on any atom is 0.0113 e. The van der Waals surface area contributed by atoms with Crippen LogP contribution in [-0.2, 0) is 27.1 Å². The van der Waals surface area contributed by atoms with E-state index >= 15 is 0 Å². The van der Waals surface area contributed by atoms with Gasteiger partial charge in [-0.25, -0.2) is 0 Å². The summed E-state index contributed by atoms with van der Waals surface area (Å²) in [6.07, 6.45) is 4.29. The van der Waals surface area contributed by atoms with Crippen molar-refractivity contribution in [3.63, 3.8) is 0 Å². The van der Waals surface area contributed by atoms with E-state index in [2.05, 4.69) is 50.3 Å². The second-order valence-corrected chi connectivity index (χ2v) is 3.34. The van der Waals surface area contributed by atoms with E-state index in [9.17, 15) is 0 Å². The minimum absolute atomic E-state index is 0. The molecule has 0 aliphatic heterocycles. The summed E-state index contributed by atoms with van der Waals surface area (Å²) in [4.78, 5) is 0. The summed E-state index contributed by atoms with van der Waals surface area (Å²) in [5.41, 5.74) is 2.64. The predicted molar refractivity (Wildman–Crippen MR) is 48.2 cm³/mol. The molecule has 0 nitrogen and oxygen atoms in total. The molecule has 1 aliphatic rings. The van der Waals surface area contributed by atoms with E-state index < -0.39 is 0 Å². The predicted octanol–water partition coefficient (Wildman–Crippen LogP) is 2.80. The molecule has 1 unspecified atom stereocenters. The molecule has 1 aromatic carbocycles. The van der Waals surface area contributed by atoms with Gasteiger partial charge in [0, 0.05) is 27.1 Å². The molecule has 0 bridgehead atoms. The van der Waals surface area contributed by atoms with E-state index in [-0.39, 0.29) is 27.1 Å². The van der Waals surface area contributed by atoms with Gasteiger partial charge in [0.25, 0.3) is 0 Å². The zero-order chi connectivity index (χ0) is 7.90. The summed E-state index contributed by atoms with van der Waals surface area (Å²) in [5, 5.41) is 0. The Balaban J connectivity index is 0.000000720. The zero-order valence-corrected chi connectivity index (χ0v) is 8.73. The molecule has 0 saturated heterocycles. The summed E-state index contributed by atoms with van der Waals surface area (Å²) in [6, 6.07) is 8.39. The number of rotatable bonds is 0. The van der Waals surface area contributed by atoms with Gasteiger partial charge in [-0.3, -0.25) is 0 Å². The minimum Gasteiger partial charge on any atom is -0.0736 e. The molecule has 0 N–H and O–H groups in total. The summed E-state index contributed by atoms with van der Waals surface area (Å²) >= 11 is 0. The molecule has 1 aromatic rings. The third-order valence-corrected chi connectivity index (χ3v) is 2.21. The second-order valence-electron chi connectivity index (χ2n) is 3.34. The fraction of sp³-hybridized carbons (Fsp3) is 0.182.